The number of benzene rings is 2. The second-order valence-corrected chi connectivity index (χ2v) is 7.31. The maximum Gasteiger partial charge on any atom is 0.259 e. The van der Waals surface area contributed by atoms with Gasteiger partial charge in [-0.3, -0.25) is 4.90 Å². The molecule has 3 aromatic rings. The molecule has 4 rings (SSSR count). The van der Waals surface area contributed by atoms with Crippen LogP contribution in [0.3, 0.4) is 0 Å². The highest BCUT2D eigenvalue weighted by molar-refractivity contribution is 6.33. The maximum absolute atomic E-state index is 6.20. The van der Waals surface area contributed by atoms with E-state index in [0.717, 1.165) is 36.9 Å². The predicted octanol–water partition coefficient (Wildman–Crippen LogP) is 4.84. The monoisotopic (exact) mass is 367 g/mol. The summed E-state index contributed by atoms with van der Waals surface area (Å²) >= 11 is 6.20. The van der Waals surface area contributed by atoms with Gasteiger partial charge in [0.15, 0.2) is 5.82 Å². The summed E-state index contributed by atoms with van der Waals surface area (Å²) in [6.45, 7) is 2.88. The highest BCUT2D eigenvalue weighted by Gasteiger charge is 2.21. The largest absolute Gasteiger partial charge is 0.334 e. The summed E-state index contributed by atoms with van der Waals surface area (Å²) in [5, 5.41) is 4.76. The van der Waals surface area contributed by atoms with E-state index in [-0.39, 0.29) is 0 Å². The summed E-state index contributed by atoms with van der Waals surface area (Å²) in [6, 6.07) is 18.3. The van der Waals surface area contributed by atoms with Crippen molar-refractivity contribution in [3.05, 3.63) is 71.0 Å². The highest BCUT2D eigenvalue weighted by atomic mass is 35.5. The van der Waals surface area contributed by atoms with Gasteiger partial charge in [-0.1, -0.05) is 59.2 Å². The van der Waals surface area contributed by atoms with Gasteiger partial charge >= 0.3 is 0 Å². The summed E-state index contributed by atoms with van der Waals surface area (Å²) in [5.74, 6) is 1.98. The molecule has 2 aromatic carbocycles. The Morgan fingerprint density at radius 1 is 1.00 bits per heavy atom. The molecule has 0 radical (unpaired) electrons. The van der Waals surface area contributed by atoms with Crippen LogP contribution in [0.4, 0.5) is 0 Å². The minimum absolute atomic E-state index is 0.490. The minimum Gasteiger partial charge on any atom is -0.334 e. The molecule has 0 N–H and O–H groups in total. The van der Waals surface area contributed by atoms with E-state index in [0.29, 0.717) is 10.9 Å². The molecule has 0 unspecified atom stereocenters. The van der Waals surface area contributed by atoms with Crippen molar-refractivity contribution in [1.82, 2.24) is 15.0 Å². The van der Waals surface area contributed by atoms with Crippen LogP contribution >= 0.6 is 11.6 Å². The van der Waals surface area contributed by atoms with E-state index in [9.17, 15) is 0 Å². The number of nitrogens with zero attached hydrogens (tertiary/aromatic N) is 3. The average molecular weight is 368 g/mol. The Morgan fingerprint density at radius 2 is 1.73 bits per heavy atom. The average Bonchev–Trinajstić information content (AvgIpc) is 3.13. The lowest BCUT2D eigenvalue weighted by molar-refractivity contribution is 0.172. The van der Waals surface area contributed by atoms with Gasteiger partial charge in [0.25, 0.3) is 5.89 Å². The van der Waals surface area contributed by atoms with Crippen molar-refractivity contribution in [1.29, 1.82) is 0 Å². The molecule has 2 heterocycles. The Hall–Kier alpha value is -2.17. The van der Waals surface area contributed by atoms with Crippen LogP contribution in [0.2, 0.25) is 5.02 Å². The first-order valence-electron chi connectivity index (χ1n) is 9.12. The summed E-state index contributed by atoms with van der Waals surface area (Å²) in [5.41, 5.74) is 2.22. The molecular weight excluding hydrogens is 346 g/mol. The van der Waals surface area contributed by atoms with E-state index < -0.39 is 0 Å². The fraction of sp³-hybridized carbons (Fsp3) is 0.333. The van der Waals surface area contributed by atoms with Crippen LogP contribution in [0.1, 0.15) is 24.2 Å². The van der Waals surface area contributed by atoms with E-state index in [1.807, 2.05) is 24.3 Å². The van der Waals surface area contributed by atoms with E-state index in [1.165, 1.54) is 24.8 Å². The van der Waals surface area contributed by atoms with Crippen molar-refractivity contribution in [3.8, 4) is 11.5 Å². The maximum atomic E-state index is 6.20. The molecule has 134 valence electrons. The SMILES string of the molecule is Clc1ccccc1-c1nc(CN2CCC(Cc3ccccc3)CC2)no1. The number of halogens is 1. The zero-order valence-electron chi connectivity index (χ0n) is 14.6. The first-order valence-corrected chi connectivity index (χ1v) is 9.49. The second kappa shape index (κ2) is 8.02. The molecule has 26 heavy (non-hydrogen) atoms. The van der Waals surface area contributed by atoms with E-state index in [4.69, 9.17) is 16.1 Å². The van der Waals surface area contributed by atoms with Crippen LogP contribution in [0, 0.1) is 5.92 Å². The molecule has 5 heteroatoms. The molecule has 1 aromatic heterocycles. The first-order chi connectivity index (χ1) is 12.8. The minimum atomic E-state index is 0.490. The smallest absolute Gasteiger partial charge is 0.259 e. The van der Waals surface area contributed by atoms with E-state index in [1.54, 1.807) is 0 Å². The van der Waals surface area contributed by atoms with Crippen LogP contribution in [0.5, 0.6) is 0 Å². The van der Waals surface area contributed by atoms with Crippen molar-refractivity contribution < 1.29 is 4.52 Å². The Kier molecular flexibility index (Phi) is 5.32. The van der Waals surface area contributed by atoms with Crippen LogP contribution in [-0.4, -0.2) is 28.1 Å². The van der Waals surface area contributed by atoms with E-state index >= 15 is 0 Å². The van der Waals surface area contributed by atoms with Gasteiger partial charge in [0, 0.05) is 0 Å². The Morgan fingerprint density at radius 3 is 2.50 bits per heavy atom. The van der Waals surface area contributed by atoms with Crippen molar-refractivity contribution >= 4 is 11.6 Å². The van der Waals surface area contributed by atoms with Gasteiger partial charge in [-0.2, -0.15) is 4.98 Å². The number of piperidine rings is 1. The van der Waals surface area contributed by atoms with Crippen LogP contribution in [0.25, 0.3) is 11.5 Å². The van der Waals surface area contributed by atoms with Gasteiger partial charge in [0.2, 0.25) is 0 Å². The third-order valence-corrected chi connectivity index (χ3v) is 5.34. The van der Waals surface area contributed by atoms with Gasteiger partial charge in [0.05, 0.1) is 17.1 Å². The Labute approximate surface area is 158 Å². The molecular formula is C21H22ClN3O. The second-order valence-electron chi connectivity index (χ2n) is 6.90. The van der Waals surface area contributed by atoms with Crippen molar-refractivity contribution in [2.45, 2.75) is 25.8 Å². The van der Waals surface area contributed by atoms with Gasteiger partial charge in [0.1, 0.15) is 0 Å². The lowest BCUT2D eigenvalue weighted by Gasteiger charge is -2.31. The summed E-state index contributed by atoms with van der Waals surface area (Å²) in [4.78, 5) is 6.92. The van der Waals surface area contributed by atoms with Gasteiger partial charge in [-0.05, 0) is 56.0 Å². The normalized spacial score (nSPS) is 16.0. The molecule has 1 fully saturated rings. The lowest BCUT2D eigenvalue weighted by Crippen LogP contribution is -2.34. The van der Waals surface area contributed by atoms with Crippen LogP contribution in [0.15, 0.2) is 59.1 Å². The molecule has 4 nitrogen and oxygen atoms in total. The molecule has 0 spiro atoms. The summed E-state index contributed by atoms with van der Waals surface area (Å²) in [6.07, 6.45) is 3.60. The van der Waals surface area contributed by atoms with Crippen molar-refractivity contribution in [2.24, 2.45) is 5.92 Å². The van der Waals surface area contributed by atoms with Gasteiger partial charge < -0.3 is 4.52 Å². The van der Waals surface area contributed by atoms with Crippen molar-refractivity contribution in [3.63, 3.8) is 0 Å². The molecule has 0 bridgehead atoms. The Balaban J connectivity index is 1.32. The summed E-state index contributed by atoms with van der Waals surface area (Å²) in [7, 11) is 0. The fourth-order valence-electron chi connectivity index (χ4n) is 3.56. The molecule has 1 aliphatic rings. The molecule has 0 saturated carbocycles. The number of likely N-dealkylation sites (tertiary alicyclic amines) is 1. The summed E-state index contributed by atoms with van der Waals surface area (Å²) < 4.78 is 5.40. The number of hydrogen-bond donors (Lipinski definition) is 0. The van der Waals surface area contributed by atoms with Gasteiger partial charge in [-0.15, -0.1) is 0 Å². The van der Waals surface area contributed by atoms with Gasteiger partial charge in [-0.25, -0.2) is 0 Å². The highest BCUT2D eigenvalue weighted by Crippen LogP contribution is 2.27. The molecule has 0 aliphatic carbocycles. The molecule has 0 amide bonds. The van der Waals surface area contributed by atoms with E-state index in [2.05, 4.69) is 45.4 Å². The van der Waals surface area contributed by atoms with Crippen molar-refractivity contribution in [2.75, 3.05) is 13.1 Å². The standard InChI is InChI=1S/C21H22ClN3O/c22-19-9-5-4-8-18(19)21-23-20(24-26-21)15-25-12-10-17(11-13-25)14-16-6-2-1-3-7-16/h1-9,17H,10-15H2. The number of rotatable bonds is 5. The topological polar surface area (TPSA) is 42.2 Å². The third kappa shape index (κ3) is 4.14. The molecule has 0 atom stereocenters. The van der Waals surface area contributed by atoms with Crippen LogP contribution in [-0.2, 0) is 13.0 Å². The molecule has 1 aliphatic heterocycles. The zero-order valence-corrected chi connectivity index (χ0v) is 15.4. The Bertz CT molecular complexity index is 841. The third-order valence-electron chi connectivity index (χ3n) is 5.01. The number of aromatic nitrogens is 2. The lowest BCUT2D eigenvalue weighted by atomic mass is 9.90. The first kappa shape index (κ1) is 17.3. The van der Waals surface area contributed by atoms with Crippen LogP contribution < -0.4 is 0 Å². The number of hydrogen-bond acceptors (Lipinski definition) is 4. The molecule has 1 saturated heterocycles. The zero-order chi connectivity index (χ0) is 17.8. The predicted molar refractivity (Wildman–Crippen MR) is 103 cm³/mol. The fourth-order valence-corrected chi connectivity index (χ4v) is 3.77. The quantitative estimate of drug-likeness (QED) is 0.646.